The van der Waals surface area contributed by atoms with Crippen molar-refractivity contribution in [3.05, 3.63) is 35.4 Å². The molecule has 1 aromatic rings. The van der Waals surface area contributed by atoms with Gasteiger partial charge in [0.05, 0.1) is 24.7 Å². The number of nitriles is 1. The van der Waals surface area contributed by atoms with E-state index in [9.17, 15) is 4.79 Å². The molecule has 4 nitrogen and oxygen atoms in total. The Morgan fingerprint density at radius 3 is 2.62 bits per heavy atom. The summed E-state index contributed by atoms with van der Waals surface area (Å²) in [6.45, 7) is 1.66. The monoisotopic (exact) mass is 218 g/mol. The molecule has 0 aliphatic carbocycles. The van der Waals surface area contributed by atoms with Gasteiger partial charge in [-0.15, -0.1) is 0 Å². The SMILES string of the molecule is CC(CO)NC(=O)Cc1ccc(C#N)cc1. The van der Waals surface area contributed by atoms with Gasteiger partial charge in [0.2, 0.25) is 5.91 Å². The molecule has 1 unspecified atom stereocenters. The van der Waals surface area contributed by atoms with Gasteiger partial charge in [0, 0.05) is 6.04 Å². The lowest BCUT2D eigenvalue weighted by atomic mass is 10.1. The van der Waals surface area contributed by atoms with Crippen molar-refractivity contribution in [1.29, 1.82) is 5.26 Å². The van der Waals surface area contributed by atoms with Crippen LogP contribution in [-0.4, -0.2) is 23.7 Å². The second-order valence-corrected chi connectivity index (χ2v) is 3.64. The number of benzene rings is 1. The summed E-state index contributed by atoms with van der Waals surface area (Å²) in [5, 5.41) is 20.0. The molecule has 0 bridgehead atoms. The van der Waals surface area contributed by atoms with Crippen molar-refractivity contribution in [2.45, 2.75) is 19.4 Å². The lowest BCUT2D eigenvalue weighted by Crippen LogP contribution is -2.35. The van der Waals surface area contributed by atoms with E-state index in [0.29, 0.717) is 5.56 Å². The van der Waals surface area contributed by atoms with Crippen LogP contribution < -0.4 is 5.32 Å². The summed E-state index contributed by atoms with van der Waals surface area (Å²) in [6, 6.07) is 8.65. The first-order valence-corrected chi connectivity index (χ1v) is 5.05. The highest BCUT2D eigenvalue weighted by Crippen LogP contribution is 2.04. The zero-order chi connectivity index (χ0) is 12.0. The number of nitrogens with one attached hydrogen (secondary N) is 1. The number of nitrogens with zero attached hydrogens (tertiary/aromatic N) is 1. The number of rotatable bonds is 4. The van der Waals surface area contributed by atoms with Gasteiger partial charge < -0.3 is 10.4 Å². The summed E-state index contributed by atoms with van der Waals surface area (Å²) in [4.78, 5) is 11.4. The molecule has 0 aromatic heterocycles. The lowest BCUT2D eigenvalue weighted by Gasteiger charge is -2.10. The van der Waals surface area contributed by atoms with Crippen LogP contribution in [0.25, 0.3) is 0 Å². The van der Waals surface area contributed by atoms with Crippen molar-refractivity contribution in [2.75, 3.05) is 6.61 Å². The Labute approximate surface area is 94.5 Å². The van der Waals surface area contributed by atoms with Crippen molar-refractivity contribution >= 4 is 5.91 Å². The molecule has 0 spiro atoms. The zero-order valence-corrected chi connectivity index (χ0v) is 9.10. The van der Waals surface area contributed by atoms with Gasteiger partial charge in [0.25, 0.3) is 0 Å². The van der Waals surface area contributed by atoms with Crippen LogP contribution in [0.3, 0.4) is 0 Å². The molecule has 0 saturated heterocycles. The third kappa shape index (κ3) is 3.71. The minimum absolute atomic E-state index is 0.0703. The second-order valence-electron chi connectivity index (χ2n) is 3.64. The van der Waals surface area contributed by atoms with Crippen LogP contribution in [-0.2, 0) is 11.2 Å². The summed E-state index contributed by atoms with van der Waals surface area (Å²) in [6.07, 6.45) is 0.260. The van der Waals surface area contributed by atoms with E-state index in [4.69, 9.17) is 10.4 Å². The van der Waals surface area contributed by atoms with E-state index in [0.717, 1.165) is 5.56 Å². The molecule has 4 heteroatoms. The van der Waals surface area contributed by atoms with Crippen molar-refractivity contribution in [2.24, 2.45) is 0 Å². The first-order chi connectivity index (χ1) is 7.65. The first-order valence-electron chi connectivity index (χ1n) is 5.05. The molecule has 0 fully saturated rings. The fourth-order valence-electron chi connectivity index (χ4n) is 1.25. The summed E-state index contributed by atoms with van der Waals surface area (Å²) in [5.74, 6) is -0.133. The van der Waals surface area contributed by atoms with Crippen LogP contribution in [0.2, 0.25) is 0 Å². The molecule has 0 aliphatic heterocycles. The molecule has 1 amide bonds. The molecule has 84 valence electrons. The lowest BCUT2D eigenvalue weighted by molar-refractivity contribution is -0.121. The van der Waals surface area contributed by atoms with E-state index in [2.05, 4.69) is 5.32 Å². The Kier molecular flexibility index (Phi) is 4.49. The summed E-state index contributed by atoms with van der Waals surface area (Å²) >= 11 is 0. The van der Waals surface area contributed by atoms with Crippen molar-refractivity contribution in [1.82, 2.24) is 5.32 Å². The van der Waals surface area contributed by atoms with E-state index < -0.39 is 0 Å². The largest absolute Gasteiger partial charge is 0.394 e. The summed E-state index contributed by atoms with van der Waals surface area (Å²) in [5.41, 5.74) is 1.43. The van der Waals surface area contributed by atoms with Gasteiger partial charge in [0.15, 0.2) is 0 Å². The topological polar surface area (TPSA) is 73.1 Å². The maximum absolute atomic E-state index is 11.4. The molecule has 0 aliphatic rings. The van der Waals surface area contributed by atoms with Gasteiger partial charge >= 0.3 is 0 Å². The highest BCUT2D eigenvalue weighted by Gasteiger charge is 2.06. The smallest absolute Gasteiger partial charge is 0.224 e. The summed E-state index contributed by atoms with van der Waals surface area (Å²) in [7, 11) is 0. The van der Waals surface area contributed by atoms with Crippen molar-refractivity contribution in [3.63, 3.8) is 0 Å². The van der Waals surface area contributed by atoms with Gasteiger partial charge in [-0.1, -0.05) is 12.1 Å². The number of carbonyl (C=O) groups excluding carboxylic acids is 1. The Morgan fingerprint density at radius 2 is 2.12 bits per heavy atom. The van der Waals surface area contributed by atoms with Crippen LogP contribution in [0.15, 0.2) is 24.3 Å². The molecule has 2 N–H and O–H groups in total. The van der Waals surface area contributed by atoms with Gasteiger partial charge in [-0.3, -0.25) is 4.79 Å². The normalized spacial score (nSPS) is 11.6. The van der Waals surface area contributed by atoms with Crippen LogP contribution in [0.5, 0.6) is 0 Å². The number of aliphatic hydroxyl groups is 1. The molecular weight excluding hydrogens is 204 g/mol. The van der Waals surface area contributed by atoms with Gasteiger partial charge in [-0.25, -0.2) is 0 Å². The molecule has 16 heavy (non-hydrogen) atoms. The van der Waals surface area contributed by atoms with Gasteiger partial charge in [-0.2, -0.15) is 5.26 Å². The van der Waals surface area contributed by atoms with Crippen LogP contribution in [0.4, 0.5) is 0 Å². The number of hydrogen-bond acceptors (Lipinski definition) is 3. The molecule has 0 saturated carbocycles. The molecule has 1 rings (SSSR count). The molecule has 0 radical (unpaired) electrons. The van der Waals surface area contributed by atoms with Crippen molar-refractivity contribution < 1.29 is 9.90 Å². The highest BCUT2D eigenvalue weighted by atomic mass is 16.3. The Bertz CT molecular complexity index is 392. The van der Waals surface area contributed by atoms with Crippen LogP contribution in [0.1, 0.15) is 18.1 Å². The van der Waals surface area contributed by atoms with Crippen LogP contribution in [0, 0.1) is 11.3 Å². The fraction of sp³-hybridized carbons (Fsp3) is 0.333. The van der Waals surface area contributed by atoms with E-state index in [1.807, 2.05) is 6.07 Å². The van der Waals surface area contributed by atoms with E-state index in [-0.39, 0.29) is 25.0 Å². The molecule has 1 atom stereocenters. The number of carbonyl (C=O) groups is 1. The second kappa shape index (κ2) is 5.89. The third-order valence-corrected chi connectivity index (χ3v) is 2.13. The number of hydrogen-bond donors (Lipinski definition) is 2. The zero-order valence-electron chi connectivity index (χ0n) is 9.10. The predicted octanol–water partition coefficient (Wildman–Crippen LogP) is 0.598. The Morgan fingerprint density at radius 1 is 1.50 bits per heavy atom. The van der Waals surface area contributed by atoms with Crippen molar-refractivity contribution in [3.8, 4) is 6.07 Å². The maximum Gasteiger partial charge on any atom is 0.224 e. The standard InChI is InChI=1S/C12H14N2O2/c1-9(8-15)14-12(16)6-10-2-4-11(7-13)5-3-10/h2-5,9,15H,6,8H2,1H3,(H,14,16). The minimum atomic E-state index is -0.231. The first kappa shape index (κ1) is 12.2. The van der Waals surface area contributed by atoms with Crippen LogP contribution >= 0.6 is 0 Å². The molecule has 1 aromatic carbocycles. The van der Waals surface area contributed by atoms with E-state index >= 15 is 0 Å². The van der Waals surface area contributed by atoms with E-state index in [1.54, 1.807) is 31.2 Å². The van der Waals surface area contributed by atoms with Gasteiger partial charge in [0.1, 0.15) is 0 Å². The van der Waals surface area contributed by atoms with E-state index in [1.165, 1.54) is 0 Å². The van der Waals surface area contributed by atoms with Gasteiger partial charge in [-0.05, 0) is 24.6 Å². The molecule has 0 heterocycles. The maximum atomic E-state index is 11.4. The average Bonchev–Trinajstić information content (AvgIpc) is 2.29. The highest BCUT2D eigenvalue weighted by molar-refractivity contribution is 5.78. The molecular formula is C12H14N2O2. The predicted molar refractivity (Wildman–Crippen MR) is 59.6 cm³/mol. The Balaban J connectivity index is 2.53. The summed E-state index contributed by atoms with van der Waals surface area (Å²) < 4.78 is 0. The average molecular weight is 218 g/mol. The number of aliphatic hydroxyl groups excluding tert-OH is 1. The Hall–Kier alpha value is -1.86. The minimum Gasteiger partial charge on any atom is -0.394 e. The number of amides is 1. The third-order valence-electron chi connectivity index (χ3n) is 2.13. The quantitative estimate of drug-likeness (QED) is 0.777. The fourth-order valence-corrected chi connectivity index (χ4v) is 1.25.